The molecule has 0 radical (unpaired) electrons. The quantitative estimate of drug-likeness (QED) is 0.250. The standard InChI is InChI=1S/C35H38F2N4O/c1-24-38-32-9-5-6-10-33(32)41(24)29-22-27-12-13-28(23-29)40(27)20-17-35(25-7-3-2-4-8-25)15-18-39(19-16-35)34(42)30-21-26(36)11-14-31(30)37/h2-11,14,21,27-29H,12-13,15-20,22-23H2,1H3/t27-,28+,29?. The van der Waals surface area contributed by atoms with E-state index in [9.17, 15) is 13.6 Å². The number of amides is 1. The highest BCUT2D eigenvalue weighted by atomic mass is 19.1. The molecule has 42 heavy (non-hydrogen) atoms. The molecule has 4 aromatic rings. The summed E-state index contributed by atoms with van der Waals surface area (Å²) in [6.07, 6.45) is 7.43. The summed E-state index contributed by atoms with van der Waals surface area (Å²) in [7, 11) is 0. The predicted octanol–water partition coefficient (Wildman–Crippen LogP) is 7.06. The summed E-state index contributed by atoms with van der Waals surface area (Å²) in [5.41, 5.74) is 3.42. The van der Waals surface area contributed by atoms with E-state index in [2.05, 4.69) is 71.0 Å². The van der Waals surface area contributed by atoms with E-state index in [0.29, 0.717) is 31.2 Å². The lowest BCUT2D eigenvalue weighted by molar-refractivity contribution is 0.0602. The van der Waals surface area contributed by atoms with Gasteiger partial charge in [-0.2, -0.15) is 0 Å². The number of hydrogen-bond acceptors (Lipinski definition) is 3. The summed E-state index contributed by atoms with van der Waals surface area (Å²) in [4.78, 5) is 22.5. The first-order valence-corrected chi connectivity index (χ1v) is 15.4. The first-order chi connectivity index (χ1) is 20.4. The molecule has 3 aliphatic rings. The van der Waals surface area contributed by atoms with Crippen molar-refractivity contribution in [3.63, 3.8) is 0 Å². The van der Waals surface area contributed by atoms with E-state index in [4.69, 9.17) is 4.98 Å². The fourth-order valence-corrected chi connectivity index (χ4v) is 8.23. The third-order valence-corrected chi connectivity index (χ3v) is 10.4. The molecule has 0 aliphatic carbocycles. The minimum absolute atomic E-state index is 0.0497. The van der Waals surface area contributed by atoms with Crippen molar-refractivity contribution >= 4 is 16.9 Å². The Kier molecular flexibility index (Phi) is 7.09. The zero-order valence-electron chi connectivity index (χ0n) is 24.2. The Morgan fingerprint density at radius 2 is 1.60 bits per heavy atom. The van der Waals surface area contributed by atoms with Crippen molar-refractivity contribution in [2.24, 2.45) is 0 Å². The molecule has 3 aliphatic heterocycles. The van der Waals surface area contributed by atoms with Crippen LogP contribution in [0.3, 0.4) is 0 Å². The molecule has 3 atom stereocenters. The smallest absolute Gasteiger partial charge is 0.256 e. The van der Waals surface area contributed by atoms with Gasteiger partial charge in [-0.25, -0.2) is 13.8 Å². The van der Waals surface area contributed by atoms with Crippen molar-refractivity contribution in [3.8, 4) is 0 Å². The second-order valence-corrected chi connectivity index (χ2v) is 12.6. The van der Waals surface area contributed by atoms with Crippen LogP contribution in [0.2, 0.25) is 0 Å². The Labute approximate surface area is 246 Å². The SMILES string of the molecule is Cc1nc2ccccc2n1C1C[C@H]2CC[C@@H](C1)N2CCC1(c2ccccc2)CCN(C(=O)c2cc(F)ccc2F)CC1. The third kappa shape index (κ3) is 4.81. The van der Waals surface area contributed by atoms with Crippen LogP contribution in [-0.2, 0) is 5.41 Å². The number of carbonyl (C=O) groups excluding carboxylic acids is 1. The number of fused-ring (bicyclic) bond motifs is 3. The van der Waals surface area contributed by atoms with Gasteiger partial charge in [-0.05, 0) is 99.7 Å². The zero-order valence-corrected chi connectivity index (χ0v) is 24.2. The average Bonchev–Trinajstić information content (AvgIpc) is 3.48. The molecule has 218 valence electrons. The number of aryl methyl sites for hydroxylation is 1. The van der Waals surface area contributed by atoms with E-state index < -0.39 is 17.5 Å². The fraction of sp³-hybridized carbons (Fsp3) is 0.429. The van der Waals surface area contributed by atoms with Gasteiger partial charge in [0, 0.05) is 31.2 Å². The highest BCUT2D eigenvalue weighted by Crippen LogP contribution is 2.45. The number of halogens is 2. The number of rotatable bonds is 6. The van der Waals surface area contributed by atoms with Gasteiger partial charge < -0.3 is 9.47 Å². The molecule has 3 fully saturated rings. The summed E-state index contributed by atoms with van der Waals surface area (Å²) in [6, 6.07) is 23.9. The average molecular weight is 569 g/mol. The van der Waals surface area contributed by atoms with Gasteiger partial charge in [-0.1, -0.05) is 42.5 Å². The Bertz CT molecular complexity index is 1580. The molecule has 4 heterocycles. The highest BCUT2D eigenvalue weighted by molar-refractivity contribution is 5.94. The maximum absolute atomic E-state index is 14.4. The lowest BCUT2D eigenvalue weighted by Gasteiger charge is -2.45. The number of likely N-dealkylation sites (tertiary alicyclic amines) is 1. The van der Waals surface area contributed by atoms with Gasteiger partial charge in [0.15, 0.2) is 0 Å². The summed E-state index contributed by atoms with van der Waals surface area (Å²) in [6.45, 7) is 4.24. The van der Waals surface area contributed by atoms with Crippen molar-refractivity contribution in [3.05, 3.63) is 101 Å². The Morgan fingerprint density at radius 3 is 2.33 bits per heavy atom. The van der Waals surface area contributed by atoms with Gasteiger partial charge in [0.1, 0.15) is 17.5 Å². The summed E-state index contributed by atoms with van der Waals surface area (Å²) in [5, 5.41) is 0. The molecular formula is C35H38F2N4O. The van der Waals surface area contributed by atoms with Crippen molar-refractivity contribution < 1.29 is 13.6 Å². The molecule has 2 bridgehead atoms. The number of piperidine rings is 2. The number of nitrogens with zero attached hydrogens (tertiary/aromatic N) is 4. The Balaban J connectivity index is 1.07. The lowest BCUT2D eigenvalue weighted by Crippen LogP contribution is -2.49. The molecule has 1 amide bonds. The van der Waals surface area contributed by atoms with Crippen molar-refractivity contribution in [1.29, 1.82) is 0 Å². The molecule has 0 saturated carbocycles. The van der Waals surface area contributed by atoms with Crippen LogP contribution in [0.25, 0.3) is 11.0 Å². The van der Waals surface area contributed by atoms with Crippen LogP contribution in [-0.4, -0.2) is 57.0 Å². The topological polar surface area (TPSA) is 41.4 Å². The molecule has 7 heteroatoms. The number of benzene rings is 3. The Morgan fingerprint density at radius 1 is 0.905 bits per heavy atom. The van der Waals surface area contributed by atoms with Gasteiger partial charge in [0.05, 0.1) is 16.6 Å². The molecular weight excluding hydrogens is 530 g/mol. The van der Waals surface area contributed by atoms with E-state index in [-0.39, 0.29) is 11.0 Å². The Hall–Kier alpha value is -3.58. The highest BCUT2D eigenvalue weighted by Gasteiger charge is 2.44. The zero-order chi connectivity index (χ0) is 28.8. The van der Waals surface area contributed by atoms with Crippen LogP contribution in [0.5, 0.6) is 0 Å². The minimum atomic E-state index is -0.668. The van der Waals surface area contributed by atoms with Crippen LogP contribution in [0.1, 0.15) is 72.7 Å². The number of carbonyl (C=O) groups is 1. The number of hydrogen-bond donors (Lipinski definition) is 0. The van der Waals surface area contributed by atoms with E-state index >= 15 is 0 Å². The maximum atomic E-state index is 14.4. The predicted molar refractivity (Wildman–Crippen MR) is 160 cm³/mol. The second-order valence-electron chi connectivity index (χ2n) is 12.6. The molecule has 3 aromatic carbocycles. The van der Waals surface area contributed by atoms with Crippen molar-refractivity contribution in [2.45, 2.75) is 75.4 Å². The van der Waals surface area contributed by atoms with Gasteiger partial charge in [0.25, 0.3) is 5.91 Å². The molecule has 1 unspecified atom stereocenters. The van der Waals surface area contributed by atoms with E-state index in [1.54, 1.807) is 4.90 Å². The molecule has 0 spiro atoms. The maximum Gasteiger partial charge on any atom is 0.256 e. The monoisotopic (exact) mass is 568 g/mol. The van der Waals surface area contributed by atoms with Crippen LogP contribution < -0.4 is 0 Å². The molecule has 3 saturated heterocycles. The summed E-state index contributed by atoms with van der Waals surface area (Å²) >= 11 is 0. The lowest BCUT2D eigenvalue weighted by atomic mass is 9.70. The number of aromatic nitrogens is 2. The third-order valence-electron chi connectivity index (χ3n) is 10.4. The van der Waals surface area contributed by atoms with Crippen molar-refractivity contribution in [2.75, 3.05) is 19.6 Å². The number of imidazole rings is 1. The first kappa shape index (κ1) is 27.3. The molecule has 0 N–H and O–H groups in total. The van der Waals surface area contributed by atoms with Crippen LogP contribution in [0, 0.1) is 18.6 Å². The van der Waals surface area contributed by atoms with Gasteiger partial charge >= 0.3 is 0 Å². The summed E-state index contributed by atoms with van der Waals surface area (Å²) in [5.74, 6) is -0.572. The van der Waals surface area contributed by atoms with Crippen LogP contribution in [0.15, 0.2) is 72.8 Å². The molecule has 1 aromatic heterocycles. The minimum Gasteiger partial charge on any atom is -0.338 e. The second kappa shape index (κ2) is 10.9. The van der Waals surface area contributed by atoms with Crippen LogP contribution in [0.4, 0.5) is 8.78 Å². The van der Waals surface area contributed by atoms with Gasteiger partial charge in [-0.3, -0.25) is 9.69 Å². The largest absolute Gasteiger partial charge is 0.338 e. The van der Waals surface area contributed by atoms with Crippen molar-refractivity contribution in [1.82, 2.24) is 19.4 Å². The first-order valence-electron chi connectivity index (χ1n) is 15.4. The fourth-order valence-electron chi connectivity index (χ4n) is 8.23. The van der Waals surface area contributed by atoms with E-state index in [0.717, 1.165) is 68.2 Å². The molecule has 7 rings (SSSR count). The number of para-hydroxylation sites is 2. The van der Waals surface area contributed by atoms with E-state index in [1.165, 1.54) is 23.9 Å². The van der Waals surface area contributed by atoms with Gasteiger partial charge in [0.2, 0.25) is 0 Å². The van der Waals surface area contributed by atoms with E-state index in [1.807, 2.05) is 0 Å². The van der Waals surface area contributed by atoms with Crippen LogP contribution >= 0.6 is 0 Å². The molecule has 5 nitrogen and oxygen atoms in total. The van der Waals surface area contributed by atoms with Gasteiger partial charge in [-0.15, -0.1) is 0 Å². The normalized spacial score (nSPS) is 23.9. The summed E-state index contributed by atoms with van der Waals surface area (Å²) < 4.78 is 30.7.